The molecule has 0 amide bonds. The summed E-state index contributed by atoms with van der Waals surface area (Å²) in [4.78, 5) is 0. The first kappa shape index (κ1) is 59.3. The second-order valence-electron chi connectivity index (χ2n) is 16.5. The van der Waals surface area contributed by atoms with Crippen molar-refractivity contribution in [3.63, 3.8) is 0 Å². The molecule has 0 aliphatic rings. The molecule has 0 bridgehead atoms. The number of benzene rings is 6. The quantitative estimate of drug-likeness (QED) is 0.110. The molecule has 0 aliphatic carbocycles. The second kappa shape index (κ2) is 33.8. The molecule has 6 aromatic rings. The van der Waals surface area contributed by atoms with Crippen molar-refractivity contribution in [1.29, 1.82) is 0 Å². The molecule has 6 aromatic carbocycles. The third-order valence-corrected chi connectivity index (χ3v) is 16.8. The topological polar surface area (TPSA) is 47.6 Å². The molecule has 6 rings (SSSR count). The van der Waals surface area contributed by atoms with Gasteiger partial charge in [-0.1, -0.05) is 257 Å². The molecule has 2 N–H and O–H groups in total. The van der Waals surface area contributed by atoms with E-state index in [0.717, 1.165) is 44.7 Å². The van der Waals surface area contributed by atoms with Crippen molar-refractivity contribution in [3.8, 4) is 0 Å². The fourth-order valence-electron chi connectivity index (χ4n) is 7.56. The standard InChI is InChI=1S/2C14H12.C10H8N2.2C9H21P.2Ir/c2*1-3-7-13(8-4-1)11-12-14-9-5-2-6-10-14;11-8-5-1-3-7-4-2-6-9(12)10(7)8;2*1-7(2)10(8(3)4)9(5)6;;/h2*1-12H;1-6,11-12H;2*7-9H,1-6H3;;/q;;-2;;;;. The van der Waals surface area contributed by atoms with Crippen molar-refractivity contribution in [1.82, 2.24) is 0 Å². The predicted molar refractivity (Wildman–Crippen MR) is 276 cm³/mol. The maximum atomic E-state index is 7.58. The van der Waals surface area contributed by atoms with Crippen LogP contribution in [0.3, 0.4) is 0 Å². The van der Waals surface area contributed by atoms with Crippen LogP contribution in [0.25, 0.3) is 22.2 Å². The first-order valence-corrected chi connectivity index (χ1v) is 24.8. The normalized spacial score (nSPS) is 10.6. The van der Waals surface area contributed by atoms with Crippen LogP contribution in [0.5, 0.6) is 0 Å². The van der Waals surface area contributed by atoms with Crippen LogP contribution in [-0.2, 0) is 40.2 Å². The van der Waals surface area contributed by atoms with Crippen LogP contribution < -0.4 is 0 Å². The molecule has 2 nitrogen and oxygen atoms in total. The molecule has 0 aliphatic heterocycles. The van der Waals surface area contributed by atoms with Gasteiger partial charge in [-0.05, 0) is 92.7 Å². The molecule has 338 valence electrons. The van der Waals surface area contributed by atoms with Crippen molar-refractivity contribution in [2.75, 3.05) is 0 Å². The molecule has 0 aromatic heterocycles. The van der Waals surface area contributed by atoms with E-state index in [9.17, 15) is 0 Å². The molecular weight excluding hydrogens is 1150 g/mol. The van der Waals surface area contributed by atoms with Crippen LogP contribution in [-0.4, -0.2) is 34.0 Å². The summed E-state index contributed by atoms with van der Waals surface area (Å²) >= 11 is 0. The van der Waals surface area contributed by atoms with Crippen LogP contribution >= 0.6 is 15.8 Å². The summed E-state index contributed by atoms with van der Waals surface area (Å²) in [5.74, 6) is 0. The fraction of sp³-hybridized carbons (Fsp3) is 0.321. The van der Waals surface area contributed by atoms with Crippen LogP contribution in [0.1, 0.15) is 105 Å². The fourth-order valence-corrected chi connectivity index (χ4v) is 14.7. The van der Waals surface area contributed by atoms with Gasteiger partial charge in [0.05, 0.1) is 0 Å². The molecule has 0 saturated heterocycles. The minimum absolute atomic E-state index is 0. The number of hydrogen-bond acceptors (Lipinski definition) is 0. The maximum Gasteiger partial charge on any atom is 0 e. The van der Waals surface area contributed by atoms with E-state index in [1.807, 2.05) is 97.1 Å². The Morgan fingerprint density at radius 2 is 0.516 bits per heavy atom. The number of hydrogen-bond donors (Lipinski definition) is 0. The number of rotatable bonds is 12. The molecular formula is C56H74Ir2N2P2-2. The van der Waals surface area contributed by atoms with E-state index in [4.69, 9.17) is 11.5 Å². The second-order valence-corrected chi connectivity index (χ2v) is 24.5. The van der Waals surface area contributed by atoms with Gasteiger partial charge >= 0.3 is 0 Å². The van der Waals surface area contributed by atoms with Gasteiger partial charge < -0.3 is 11.5 Å². The van der Waals surface area contributed by atoms with Gasteiger partial charge in [-0.3, -0.25) is 0 Å². The van der Waals surface area contributed by atoms with Crippen LogP contribution in [0.4, 0.5) is 11.4 Å². The zero-order valence-electron chi connectivity index (χ0n) is 39.3. The summed E-state index contributed by atoms with van der Waals surface area (Å²) in [6.07, 6.45) is 8.48. The van der Waals surface area contributed by atoms with Gasteiger partial charge in [0.15, 0.2) is 0 Å². The summed E-state index contributed by atoms with van der Waals surface area (Å²) in [7, 11) is 0.525. The van der Waals surface area contributed by atoms with E-state index in [0.29, 0.717) is 11.4 Å². The molecule has 62 heavy (non-hydrogen) atoms. The summed E-state index contributed by atoms with van der Waals surface area (Å²) < 4.78 is 0. The molecule has 6 radical (unpaired) electrons. The molecule has 0 unspecified atom stereocenters. The Kier molecular flexibility index (Phi) is 32.3. The summed E-state index contributed by atoms with van der Waals surface area (Å²) in [6, 6.07) is 52.2. The Balaban J connectivity index is 0.000000751. The zero-order chi connectivity index (χ0) is 44.5. The van der Waals surface area contributed by atoms with Gasteiger partial charge in [0.2, 0.25) is 0 Å². The smallest absolute Gasteiger partial charge is 0 e. The summed E-state index contributed by atoms with van der Waals surface area (Å²) in [5, 5.41) is 1.70. The Bertz CT molecular complexity index is 1700. The van der Waals surface area contributed by atoms with Gasteiger partial charge in [-0.25, -0.2) is 0 Å². The number of nitrogens with one attached hydrogen (secondary N) is 2. The Morgan fingerprint density at radius 3 is 0.677 bits per heavy atom. The molecule has 0 heterocycles. The molecule has 6 heteroatoms. The van der Waals surface area contributed by atoms with E-state index < -0.39 is 0 Å². The first-order valence-electron chi connectivity index (χ1n) is 21.7. The monoisotopic (exact) mass is 1220 g/mol. The van der Waals surface area contributed by atoms with E-state index in [2.05, 4.69) is 157 Å². The van der Waals surface area contributed by atoms with Crippen LogP contribution in [0.15, 0.2) is 158 Å². The Labute approximate surface area is 409 Å². The Morgan fingerprint density at radius 1 is 0.306 bits per heavy atom. The third-order valence-electron chi connectivity index (χ3n) is 9.62. The number of fused-ring (bicyclic) bond motifs is 1. The third kappa shape index (κ3) is 23.9. The van der Waals surface area contributed by atoms with E-state index in [-0.39, 0.29) is 56.1 Å². The SMILES string of the molecule is CC(C)P(C(C)C)C(C)C.CC(C)P(C(C)C)C(C)C.[CH]([CH]c1ccccc1)c1ccccc1.[CH]([CH]c1ccccc1)c1ccccc1.[Ir].[Ir].[NH-]c1cccc2cccc([NH-])c12. The average Bonchev–Trinajstić information content (AvgIpc) is 3.21. The maximum absolute atomic E-state index is 7.58. The van der Waals surface area contributed by atoms with Crippen LogP contribution in [0, 0.1) is 25.7 Å². The molecule has 0 atom stereocenters. The zero-order valence-corrected chi connectivity index (χ0v) is 45.9. The molecule has 0 fully saturated rings. The van der Waals surface area contributed by atoms with Crippen molar-refractivity contribution < 1.29 is 40.2 Å². The van der Waals surface area contributed by atoms with Gasteiger partial charge in [0.1, 0.15) is 0 Å². The van der Waals surface area contributed by atoms with E-state index >= 15 is 0 Å². The van der Waals surface area contributed by atoms with Gasteiger partial charge in [0.25, 0.3) is 0 Å². The van der Waals surface area contributed by atoms with E-state index in [1.165, 1.54) is 22.3 Å². The van der Waals surface area contributed by atoms with Crippen molar-refractivity contribution in [2.45, 2.75) is 117 Å². The molecule has 0 saturated carbocycles. The largest absolute Gasteiger partial charge is 0.698 e. The van der Waals surface area contributed by atoms with Gasteiger partial charge in [-0.15, -0.1) is 11.4 Å². The van der Waals surface area contributed by atoms with E-state index in [1.54, 1.807) is 12.1 Å². The summed E-state index contributed by atoms with van der Waals surface area (Å²) in [5.41, 5.74) is 26.3. The van der Waals surface area contributed by atoms with Crippen molar-refractivity contribution in [2.24, 2.45) is 0 Å². The van der Waals surface area contributed by atoms with Crippen molar-refractivity contribution >= 4 is 38.0 Å². The Hall–Kier alpha value is -2.66. The summed E-state index contributed by atoms with van der Waals surface area (Å²) in [6.45, 7) is 28.2. The van der Waals surface area contributed by atoms with Gasteiger partial charge in [-0.2, -0.15) is 0 Å². The van der Waals surface area contributed by atoms with Crippen LogP contribution in [0.2, 0.25) is 0 Å². The van der Waals surface area contributed by atoms with Crippen molar-refractivity contribution in [3.05, 3.63) is 217 Å². The predicted octanol–water partition coefficient (Wildman–Crippen LogP) is 18.6. The average molecular weight is 1220 g/mol. The first-order chi connectivity index (χ1) is 28.6. The minimum atomic E-state index is 0. The molecule has 0 spiro atoms. The van der Waals surface area contributed by atoms with Gasteiger partial charge in [0, 0.05) is 40.2 Å². The minimum Gasteiger partial charge on any atom is -0.698 e.